The fourth-order valence-corrected chi connectivity index (χ4v) is 1.02. The third-order valence-corrected chi connectivity index (χ3v) is 1.72. The molecule has 0 radical (unpaired) electrons. The van der Waals surface area contributed by atoms with Gasteiger partial charge in [0.25, 0.3) is 5.69 Å². The highest BCUT2D eigenvalue weighted by Crippen LogP contribution is 2.17. The number of nitro groups is 1. The molecule has 0 amide bonds. The summed E-state index contributed by atoms with van der Waals surface area (Å²) in [7, 11) is 0. The first-order valence-electron chi connectivity index (χ1n) is 4.13. The van der Waals surface area contributed by atoms with Gasteiger partial charge in [0, 0.05) is 18.8 Å². The summed E-state index contributed by atoms with van der Waals surface area (Å²) in [6.45, 7) is 2.01. The zero-order valence-electron chi connectivity index (χ0n) is 7.80. The standard InChI is InChI=1S/C9H11N3O2/c1-7-9(12(13)14)5-8(6-11-7)3-2-4-10/h2-3,5-6H,4,10H2,1H3. The Bertz CT molecular complexity index is 374. The molecule has 1 heterocycles. The van der Waals surface area contributed by atoms with Crippen LogP contribution in [0.3, 0.4) is 0 Å². The molecule has 0 aliphatic rings. The molecule has 5 nitrogen and oxygen atoms in total. The van der Waals surface area contributed by atoms with E-state index in [1.54, 1.807) is 25.3 Å². The first-order valence-corrected chi connectivity index (χ1v) is 4.13. The van der Waals surface area contributed by atoms with E-state index in [1.807, 2.05) is 0 Å². The Kier molecular flexibility index (Phi) is 3.30. The summed E-state index contributed by atoms with van der Waals surface area (Å²) in [5, 5.41) is 10.6. The topological polar surface area (TPSA) is 82.0 Å². The summed E-state index contributed by atoms with van der Waals surface area (Å²) in [4.78, 5) is 14.0. The fourth-order valence-electron chi connectivity index (χ4n) is 1.02. The van der Waals surface area contributed by atoms with Crippen LogP contribution in [0.25, 0.3) is 6.08 Å². The van der Waals surface area contributed by atoms with E-state index in [4.69, 9.17) is 5.73 Å². The van der Waals surface area contributed by atoms with Gasteiger partial charge < -0.3 is 5.73 Å². The van der Waals surface area contributed by atoms with Crippen molar-refractivity contribution >= 4 is 11.8 Å². The smallest absolute Gasteiger partial charge is 0.291 e. The van der Waals surface area contributed by atoms with Crippen LogP contribution in [0.5, 0.6) is 0 Å². The first-order chi connectivity index (χ1) is 6.65. The normalized spacial score (nSPS) is 10.7. The zero-order chi connectivity index (χ0) is 10.6. The summed E-state index contributed by atoms with van der Waals surface area (Å²) >= 11 is 0. The van der Waals surface area contributed by atoms with Gasteiger partial charge in [-0.1, -0.05) is 12.2 Å². The van der Waals surface area contributed by atoms with Crippen molar-refractivity contribution in [3.05, 3.63) is 39.7 Å². The second-order valence-corrected chi connectivity index (χ2v) is 2.77. The number of hydrogen-bond acceptors (Lipinski definition) is 4. The van der Waals surface area contributed by atoms with Crippen molar-refractivity contribution in [2.24, 2.45) is 5.73 Å². The lowest BCUT2D eigenvalue weighted by Crippen LogP contribution is -1.95. The van der Waals surface area contributed by atoms with Crippen LogP contribution >= 0.6 is 0 Å². The molecular weight excluding hydrogens is 182 g/mol. The molecule has 0 aromatic carbocycles. The molecule has 0 fully saturated rings. The molecule has 0 aliphatic heterocycles. The van der Waals surface area contributed by atoms with Crippen LogP contribution in [0, 0.1) is 17.0 Å². The molecule has 1 aromatic heterocycles. The molecule has 0 unspecified atom stereocenters. The summed E-state index contributed by atoms with van der Waals surface area (Å²) in [5.74, 6) is 0. The van der Waals surface area contributed by atoms with E-state index >= 15 is 0 Å². The maximum absolute atomic E-state index is 10.6. The summed E-state index contributed by atoms with van der Waals surface area (Å²) in [6.07, 6.45) is 5.00. The van der Waals surface area contributed by atoms with E-state index in [1.165, 1.54) is 6.07 Å². The summed E-state index contributed by atoms with van der Waals surface area (Å²) in [5.41, 5.74) is 6.40. The largest absolute Gasteiger partial charge is 0.327 e. The molecule has 14 heavy (non-hydrogen) atoms. The Morgan fingerprint density at radius 2 is 2.43 bits per heavy atom. The van der Waals surface area contributed by atoms with Gasteiger partial charge in [0.15, 0.2) is 0 Å². The SMILES string of the molecule is Cc1ncc(C=CCN)cc1[N+](=O)[O-]. The molecule has 0 atom stereocenters. The number of pyridine rings is 1. The van der Waals surface area contributed by atoms with Crippen molar-refractivity contribution in [1.29, 1.82) is 0 Å². The van der Waals surface area contributed by atoms with E-state index in [0.29, 0.717) is 17.8 Å². The molecule has 2 N–H and O–H groups in total. The average molecular weight is 193 g/mol. The molecule has 1 aromatic rings. The van der Waals surface area contributed by atoms with Crippen LogP contribution in [-0.4, -0.2) is 16.5 Å². The predicted octanol–water partition coefficient (Wildman–Crippen LogP) is 1.27. The number of nitrogens with two attached hydrogens (primary N) is 1. The van der Waals surface area contributed by atoms with Gasteiger partial charge in [-0.05, 0) is 12.5 Å². The highest BCUT2D eigenvalue weighted by atomic mass is 16.6. The second kappa shape index (κ2) is 4.48. The number of hydrogen-bond donors (Lipinski definition) is 1. The summed E-state index contributed by atoms with van der Waals surface area (Å²) < 4.78 is 0. The molecular formula is C9H11N3O2. The number of nitrogens with zero attached hydrogens (tertiary/aromatic N) is 2. The average Bonchev–Trinajstić information content (AvgIpc) is 2.16. The van der Waals surface area contributed by atoms with Gasteiger partial charge in [0.1, 0.15) is 5.69 Å². The Hall–Kier alpha value is -1.75. The Morgan fingerprint density at radius 3 is 3.00 bits per heavy atom. The van der Waals surface area contributed by atoms with Gasteiger partial charge in [-0.15, -0.1) is 0 Å². The lowest BCUT2D eigenvalue weighted by atomic mass is 10.2. The van der Waals surface area contributed by atoms with Gasteiger partial charge >= 0.3 is 0 Å². The van der Waals surface area contributed by atoms with Crippen LogP contribution in [0.15, 0.2) is 18.3 Å². The van der Waals surface area contributed by atoms with Crippen molar-refractivity contribution in [3.8, 4) is 0 Å². The maximum Gasteiger partial charge on any atom is 0.291 e. The van der Waals surface area contributed by atoms with Crippen molar-refractivity contribution < 1.29 is 4.92 Å². The number of rotatable bonds is 3. The minimum Gasteiger partial charge on any atom is -0.327 e. The Labute approximate surface area is 81.4 Å². The quantitative estimate of drug-likeness (QED) is 0.578. The highest BCUT2D eigenvalue weighted by molar-refractivity contribution is 5.53. The first kappa shape index (κ1) is 10.3. The number of aryl methyl sites for hydroxylation is 1. The van der Waals surface area contributed by atoms with E-state index in [0.717, 1.165) is 0 Å². The van der Waals surface area contributed by atoms with Crippen LogP contribution in [0.4, 0.5) is 5.69 Å². The van der Waals surface area contributed by atoms with Crippen molar-refractivity contribution in [3.63, 3.8) is 0 Å². The molecule has 1 rings (SSSR count). The predicted molar refractivity (Wildman–Crippen MR) is 53.7 cm³/mol. The third-order valence-electron chi connectivity index (χ3n) is 1.72. The molecule has 0 bridgehead atoms. The van der Waals surface area contributed by atoms with E-state index in [-0.39, 0.29) is 5.69 Å². The van der Waals surface area contributed by atoms with Gasteiger partial charge in [0.05, 0.1) is 4.92 Å². The highest BCUT2D eigenvalue weighted by Gasteiger charge is 2.10. The van der Waals surface area contributed by atoms with Gasteiger partial charge in [-0.25, -0.2) is 0 Å². The molecule has 0 saturated heterocycles. The van der Waals surface area contributed by atoms with Gasteiger partial charge in [-0.2, -0.15) is 0 Å². The van der Waals surface area contributed by atoms with Gasteiger partial charge in [0.2, 0.25) is 0 Å². The van der Waals surface area contributed by atoms with Crippen LogP contribution in [0.2, 0.25) is 0 Å². The van der Waals surface area contributed by atoms with E-state index < -0.39 is 4.92 Å². The monoisotopic (exact) mass is 193 g/mol. The zero-order valence-corrected chi connectivity index (χ0v) is 7.80. The van der Waals surface area contributed by atoms with Crippen LogP contribution < -0.4 is 5.73 Å². The van der Waals surface area contributed by atoms with Crippen molar-refractivity contribution in [1.82, 2.24) is 4.98 Å². The molecule has 0 aliphatic carbocycles. The minimum absolute atomic E-state index is 0.0316. The van der Waals surface area contributed by atoms with E-state index in [2.05, 4.69) is 4.98 Å². The summed E-state index contributed by atoms with van der Waals surface area (Å²) in [6, 6.07) is 1.48. The minimum atomic E-state index is -0.442. The lowest BCUT2D eigenvalue weighted by molar-refractivity contribution is -0.385. The molecule has 74 valence electrons. The lowest BCUT2D eigenvalue weighted by Gasteiger charge is -1.97. The fraction of sp³-hybridized carbons (Fsp3) is 0.222. The van der Waals surface area contributed by atoms with Gasteiger partial charge in [-0.3, -0.25) is 15.1 Å². The number of aromatic nitrogens is 1. The second-order valence-electron chi connectivity index (χ2n) is 2.77. The van der Waals surface area contributed by atoms with E-state index in [9.17, 15) is 10.1 Å². The molecule has 5 heteroatoms. The van der Waals surface area contributed by atoms with Crippen molar-refractivity contribution in [2.75, 3.05) is 6.54 Å². The third kappa shape index (κ3) is 2.37. The van der Waals surface area contributed by atoms with Crippen LogP contribution in [-0.2, 0) is 0 Å². The maximum atomic E-state index is 10.6. The Morgan fingerprint density at radius 1 is 1.71 bits per heavy atom. The van der Waals surface area contributed by atoms with Crippen molar-refractivity contribution in [2.45, 2.75) is 6.92 Å². The Balaban J connectivity index is 3.06. The molecule has 0 saturated carbocycles. The van der Waals surface area contributed by atoms with Crippen LogP contribution in [0.1, 0.15) is 11.3 Å². The molecule has 0 spiro atoms.